The number of nitrogens with zero attached hydrogens (tertiary/aromatic N) is 1. The van der Waals surface area contributed by atoms with Gasteiger partial charge in [0.2, 0.25) is 0 Å². The predicted molar refractivity (Wildman–Crippen MR) is 80.6 cm³/mol. The van der Waals surface area contributed by atoms with E-state index in [0.29, 0.717) is 11.3 Å². The van der Waals surface area contributed by atoms with Gasteiger partial charge in [-0.25, -0.2) is 13.1 Å². The molecule has 0 aliphatic heterocycles. The van der Waals surface area contributed by atoms with E-state index < -0.39 is 20.6 Å². The number of anilines is 1. The molecule has 2 aromatic rings. The Hall–Kier alpha value is -1.97. The minimum Gasteiger partial charge on any atom is -0.385 e. The fourth-order valence-corrected chi connectivity index (χ4v) is 4.00. The summed E-state index contributed by atoms with van der Waals surface area (Å²) in [7, 11) is -3.82. The number of nitrogens with one attached hydrogen (secondary N) is 1. The van der Waals surface area contributed by atoms with E-state index in [2.05, 4.69) is 4.72 Å². The molecule has 0 saturated carbocycles. The highest BCUT2D eigenvalue weighted by Crippen LogP contribution is 2.34. The first-order valence-corrected chi connectivity index (χ1v) is 8.18. The highest BCUT2D eigenvalue weighted by atomic mass is 32.2. The molecule has 1 aromatic heterocycles. The summed E-state index contributed by atoms with van der Waals surface area (Å²) in [6.07, 6.45) is 0. The van der Waals surface area contributed by atoms with Crippen molar-refractivity contribution in [1.29, 1.82) is 0 Å². The zero-order valence-corrected chi connectivity index (χ0v) is 12.7. The van der Waals surface area contributed by atoms with Gasteiger partial charge in [-0.05, 0) is 12.5 Å². The molecule has 0 fully saturated rings. The van der Waals surface area contributed by atoms with E-state index in [4.69, 9.17) is 5.73 Å². The molecule has 0 aliphatic rings. The van der Waals surface area contributed by atoms with E-state index in [1.54, 1.807) is 6.07 Å². The number of benzene rings is 1. The second-order valence-electron chi connectivity index (χ2n) is 4.39. The second-order valence-corrected chi connectivity index (χ2v) is 7.46. The van der Waals surface area contributed by atoms with Crippen LogP contribution in [0.2, 0.25) is 0 Å². The molecule has 112 valence electrons. The van der Waals surface area contributed by atoms with Crippen LogP contribution in [0.3, 0.4) is 0 Å². The molecule has 0 spiro atoms. The topological polar surface area (TPSA) is 115 Å². The minimum atomic E-state index is -3.82. The van der Waals surface area contributed by atoms with Gasteiger partial charge in [0.1, 0.15) is 4.21 Å². The van der Waals surface area contributed by atoms with Crippen molar-refractivity contribution in [1.82, 2.24) is 4.72 Å². The molecule has 21 heavy (non-hydrogen) atoms. The van der Waals surface area contributed by atoms with Crippen molar-refractivity contribution < 1.29 is 13.3 Å². The molecule has 0 unspecified atom stereocenters. The first kappa shape index (κ1) is 15.4. The van der Waals surface area contributed by atoms with Gasteiger partial charge in [0.05, 0.1) is 4.92 Å². The highest BCUT2D eigenvalue weighted by Gasteiger charge is 2.24. The van der Waals surface area contributed by atoms with E-state index in [0.717, 1.165) is 17.2 Å². The number of aryl methyl sites for hydroxylation is 1. The number of hydrogen-bond donors (Lipinski definition) is 2. The second kappa shape index (κ2) is 5.80. The predicted octanol–water partition coefficient (Wildman–Crippen LogP) is 2.03. The molecule has 0 saturated heterocycles. The van der Waals surface area contributed by atoms with Crippen molar-refractivity contribution >= 4 is 32.0 Å². The van der Waals surface area contributed by atoms with Crippen LogP contribution in [0, 0.1) is 17.0 Å². The molecule has 9 heteroatoms. The maximum atomic E-state index is 12.1. The van der Waals surface area contributed by atoms with Crippen molar-refractivity contribution in [3.63, 3.8) is 0 Å². The summed E-state index contributed by atoms with van der Waals surface area (Å²) in [6.45, 7) is 2.01. The van der Waals surface area contributed by atoms with E-state index >= 15 is 0 Å². The Kier molecular flexibility index (Phi) is 4.26. The van der Waals surface area contributed by atoms with E-state index in [1.165, 1.54) is 0 Å². The third-order valence-corrected chi connectivity index (χ3v) is 5.56. The average Bonchev–Trinajstić information content (AvgIpc) is 2.80. The Balaban J connectivity index is 2.19. The molecule has 7 nitrogen and oxygen atoms in total. The van der Waals surface area contributed by atoms with Crippen molar-refractivity contribution in [3.8, 4) is 0 Å². The summed E-state index contributed by atoms with van der Waals surface area (Å²) in [5.41, 5.74) is 6.88. The third kappa shape index (κ3) is 3.57. The molecular formula is C12H13N3O4S2. The average molecular weight is 327 g/mol. The molecule has 1 aromatic carbocycles. The van der Waals surface area contributed by atoms with Crippen LogP contribution in [0.15, 0.2) is 34.5 Å². The van der Waals surface area contributed by atoms with Gasteiger partial charge in [-0.3, -0.25) is 10.1 Å². The van der Waals surface area contributed by atoms with Crippen LogP contribution in [0.4, 0.5) is 10.7 Å². The number of nitrogen functional groups attached to an aromatic ring is 1. The van der Waals surface area contributed by atoms with Gasteiger partial charge in [0.25, 0.3) is 10.0 Å². The van der Waals surface area contributed by atoms with Gasteiger partial charge in [-0.2, -0.15) is 0 Å². The lowest BCUT2D eigenvalue weighted by molar-refractivity contribution is -0.383. The molecule has 0 radical (unpaired) electrons. The van der Waals surface area contributed by atoms with Crippen LogP contribution in [0.1, 0.15) is 11.1 Å². The lowest BCUT2D eigenvalue weighted by Crippen LogP contribution is -2.22. The first-order valence-electron chi connectivity index (χ1n) is 5.88. The van der Waals surface area contributed by atoms with Crippen molar-refractivity contribution in [3.05, 3.63) is 51.6 Å². The number of hydrogen-bond acceptors (Lipinski definition) is 6. The Morgan fingerprint density at radius 2 is 2.10 bits per heavy atom. The monoisotopic (exact) mass is 327 g/mol. The van der Waals surface area contributed by atoms with Gasteiger partial charge >= 0.3 is 5.69 Å². The number of nitro groups is 1. The molecular weight excluding hydrogens is 314 g/mol. The Bertz CT molecular complexity index is 784. The molecule has 2 rings (SSSR count). The summed E-state index contributed by atoms with van der Waals surface area (Å²) < 4.78 is 26.4. The minimum absolute atomic E-state index is 0.107. The Labute approximate surface area is 125 Å². The summed E-state index contributed by atoms with van der Waals surface area (Å²) in [5.74, 6) is 0. The fourth-order valence-electron chi connectivity index (χ4n) is 1.72. The number of thiophene rings is 1. The van der Waals surface area contributed by atoms with E-state index in [-0.39, 0.29) is 15.8 Å². The van der Waals surface area contributed by atoms with Crippen molar-refractivity contribution in [2.24, 2.45) is 0 Å². The fraction of sp³-hybridized carbons (Fsp3) is 0.167. The van der Waals surface area contributed by atoms with E-state index in [1.807, 2.05) is 25.1 Å². The maximum absolute atomic E-state index is 12.1. The molecule has 0 amide bonds. The van der Waals surface area contributed by atoms with Crippen LogP contribution < -0.4 is 10.5 Å². The normalized spacial score (nSPS) is 11.5. The highest BCUT2D eigenvalue weighted by molar-refractivity contribution is 7.91. The van der Waals surface area contributed by atoms with Crippen molar-refractivity contribution in [2.75, 3.05) is 5.73 Å². The largest absolute Gasteiger partial charge is 0.385 e. The van der Waals surface area contributed by atoms with Crippen LogP contribution in [-0.4, -0.2) is 13.3 Å². The molecule has 3 N–H and O–H groups in total. The lowest BCUT2D eigenvalue weighted by atomic mass is 10.1. The summed E-state index contributed by atoms with van der Waals surface area (Å²) in [6, 6.07) is 8.35. The molecule has 0 aliphatic carbocycles. The number of rotatable bonds is 5. The summed E-state index contributed by atoms with van der Waals surface area (Å²) in [4.78, 5) is 9.99. The lowest BCUT2D eigenvalue weighted by Gasteiger charge is -2.05. The van der Waals surface area contributed by atoms with Crippen LogP contribution in [0.5, 0.6) is 0 Å². The Morgan fingerprint density at radius 1 is 1.38 bits per heavy atom. The van der Waals surface area contributed by atoms with Gasteiger partial charge in [-0.15, -0.1) is 0 Å². The maximum Gasteiger partial charge on any atom is 0.304 e. The van der Waals surface area contributed by atoms with Gasteiger partial charge in [-0.1, -0.05) is 41.2 Å². The van der Waals surface area contributed by atoms with Crippen LogP contribution in [0.25, 0.3) is 0 Å². The standard InChI is InChI=1S/C12H13N3O4S2/c1-8-3-2-4-9(5-8)7-14-21(18,19)11-6-10(15(16)17)12(13)20-11/h2-6,14H,7,13H2,1H3. The first-order chi connectivity index (χ1) is 9.79. The summed E-state index contributed by atoms with van der Waals surface area (Å²) in [5, 5.41) is 10.6. The zero-order valence-electron chi connectivity index (χ0n) is 11.1. The SMILES string of the molecule is Cc1cccc(CNS(=O)(=O)c2cc([N+](=O)[O-])c(N)s2)c1. The van der Waals surface area contributed by atoms with Gasteiger partial charge < -0.3 is 5.73 Å². The molecule has 1 heterocycles. The quantitative estimate of drug-likeness (QED) is 0.644. The third-order valence-electron chi connectivity index (χ3n) is 2.73. The number of sulfonamides is 1. The molecule has 0 bridgehead atoms. The van der Waals surface area contributed by atoms with Crippen LogP contribution >= 0.6 is 11.3 Å². The van der Waals surface area contributed by atoms with Crippen LogP contribution in [-0.2, 0) is 16.6 Å². The smallest absolute Gasteiger partial charge is 0.304 e. The Morgan fingerprint density at radius 3 is 2.67 bits per heavy atom. The van der Waals surface area contributed by atoms with Gasteiger partial charge in [0, 0.05) is 12.6 Å². The summed E-state index contributed by atoms with van der Waals surface area (Å²) >= 11 is 0.674. The number of nitrogens with two attached hydrogens (primary N) is 1. The van der Waals surface area contributed by atoms with E-state index in [9.17, 15) is 18.5 Å². The van der Waals surface area contributed by atoms with Crippen molar-refractivity contribution in [2.45, 2.75) is 17.7 Å². The van der Waals surface area contributed by atoms with Gasteiger partial charge in [0.15, 0.2) is 5.00 Å². The zero-order chi connectivity index (χ0) is 15.6. The molecule has 0 atom stereocenters.